The fraction of sp³-hybridized carbons (Fsp3) is 0.111. The predicted octanol–water partition coefficient (Wildman–Crippen LogP) is 2.12. The Labute approximate surface area is 138 Å². The first kappa shape index (κ1) is 16.9. The largest absolute Gasteiger partial charge is 0.454 e. The Balaban J connectivity index is 1.98. The van der Waals surface area contributed by atoms with Crippen LogP contribution in [-0.4, -0.2) is 23.3 Å². The van der Waals surface area contributed by atoms with Crippen molar-refractivity contribution in [2.24, 2.45) is 5.73 Å². The molecule has 24 heavy (non-hydrogen) atoms. The monoisotopic (exact) mass is 321 g/mol. The number of benzene rings is 1. The topological polar surface area (TPSA) is 106 Å². The maximum absolute atomic E-state index is 11.7. The third-order valence-corrected chi connectivity index (χ3v) is 3.14. The van der Waals surface area contributed by atoms with E-state index in [0.717, 1.165) is 10.9 Å². The zero-order chi connectivity index (χ0) is 17.5. The van der Waals surface area contributed by atoms with Crippen LogP contribution >= 0.6 is 0 Å². The number of rotatable bonds is 5. The second kappa shape index (κ2) is 7.70. The number of Topliss-reactive ketones (excluding diaryl/α,β-unsaturated/α-hetero) is 1. The molecule has 0 fully saturated rings. The molecule has 6 heteroatoms. The molecule has 1 aromatic heterocycles. The van der Waals surface area contributed by atoms with Crippen molar-refractivity contribution in [3.8, 4) is 6.07 Å². The molecule has 6 nitrogen and oxygen atoms in total. The maximum atomic E-state index is 11.7. The van der Waals surface area contributed by atoms with Gasteiger partial charge >= 0.3 is 5.97 Å². The van der Waals surface area contributed by atoms with E-state index in [1.807, 2.05) is 30.3 Å². The molecule has 0 amide bonds. The number of nitriles is 1. The molecule has 1 aromatic carbocycles. The number of fused-ring (bicyclic) bond motifs is 1. The summed E-state index contributed by atoms with van der Waals surface area (Å²) in [5, 5.41) is 9.80. The number of esters is 1. The van der Waals surface area contributed by atoms with E-state index >= 15 is 0 Å². The quantitative estimate of drug-likeness (QED) is 0.513. The molecule has 0 aliphatic carbocycles. The Morgan fingerprint density at radius 2 is 2.04 bits per heavy atom. The Bertz CT molecular complexity index is 888. The third kappa shape index (κ3) is 4.27. The number of hydrogen-bond donors (Lipinski definition) is 1. The molecule has 2 rings (SSSR count). The Morgan fingerprint density at radius 1 is 1.29 bits per heavy atom. The van der Waals surface area contributed by atoms with Gasteiger partial charge in [0.05, 0.1) is 11.2 Å². The lowest BCUT2D eigenvalue weighted by molar-refractivity contribution is -0.141. The van der Waals surface area contributed by atoms with Crippen molar-refractivity contribution in [1.29, 1.82) is 5.26 Å². The average Bonchev–Trinajstić information content (AvgIpc) is 2.58. The lowest BCUT2D eigenvalue weighted by atomic mass is 10.1. The van der Waals surface area contributed by atoms with Crippen molar-refractivity contribution < 1.29 is 14.3 Å². The Hall–Kier alpha value is -3.46. The number of carbonyl (C=O) groups is 2. The number of ether oxygens (including phenoxy) is 1. The van der Waals surface area contributed by atoms with E-state index in [4.69, 9.17) is 15.7 Å². The van der Waals surface area contributed by atoms with Crippen molar-refractivity contribution >= 4 is 28.7 Å². The van der Waals surface area contributed by atoms with Gasteiger partial charge in [-0.1, -0.05) is 24.3 Å². The fourth-order valence-corrected chi connectivity index (χ4v) is 1.96. The highest BCUT2D eigenvalue weighted by Crippen LogP contribution is 2.12. The number of pyridine rings is 1. The summed E-state index contributed by atoms with van der Waals surface area (Å²) in [4.78, 5) is 27.7. The van der Waals surface area contributed by atoms with Crippen LogP contribution in [0.2, 0.25) is 0 Å². The van der Waals surface area contributed by atoms with Gasteiger partial charge in [0.15, 0.2) is 6.61 Å². The average molecular weight is 321 g/mol. The molecule has 0 saturated heterocycles. The molecule has 0 spiro atoms. The van der Waals surface area contributed by atoms with Crippen LogP contribution in [0.25, 0.3) is 17.0 Å². The smallest absolute Gasteiger partial charge is 0.331 e. The molecule has 2 aromatic rings. The van der Waals surface area contributed by atoms with E-state index in [-0.39, 0.29) is 11.3 Å². The van der Waals surface area contributed by atoms with Gasteiger partial charge in [-0.3, -0.25) is 4.79 Å². The van der Waals surface area contributed by atoms with E-state index in [1.165, 1.54) is 19.1 Å². The van der Waals surface area contributed by atoms with Gasteiger partial charge in [-0.15, -0.1) is 0 Å². The van der Waals surface area contributed by atoms with Gasteiger partial charge in [-0.25, -0.2) is 9.78 Å². The van der Waals surface area contributed by atoms with Gasteiger partial charge in [0.25, 0.3) is 0 Å². The van der Waals surface area contributed by atoms with E-state index in [1.54, 1.807) is 12.1 Å². The Kier molecular flexibility index (Phi) is 5.42. The number of nitrogens with two attached hydrogens (primary N) is 1. The SMILES string of the molecule is C/C(N)=C(/C#N)C(=O)COC(=O)/C=C/c1ccc2ccccc2n1. The van der Waals surface area contributed by atoms with Gasteiger partial charge in [0, 0.05) is 17.2 Å². The van der Waals surface area contributed by atoms with Crippen LogP contribution in [0.4, 0.5) is 0 Å². The van der Waals surface area contributed by atoms with Crippen LogP contribution in [-0.2, 0) is 14.3 Å². The van der Waals surface area contributed by atoms with Gasteiger partial charge in [-0.2, -0.15) is 5.26 Å². The maximum Gasteiger partial charge on any atom is 0.331 e. The van der Waals surface area contributed by atoms with Gasteiger partial charge in [0.1, 0.15) is 11.6 Å². The number of hydrogen-bond acceptors (Lipinski definition) is 6. The summed E-state index contributed by atoms with van der Waals surface area (Å²) in [5.74, 6) is -1.34. The third-order valence-electron chi connectivity index (χ3n) is 3.14. The highest BCUT2D eigenvalue weighted by Gasteiger charge is 2.13. The van der Waals surface area contributed by atoms with Gasteiger partial charge < -0.3 is 10.5 Å². The van der Waals surface area contributed by atoms with Crippen molar-refractivity contribution in [2.45, 2.75) is 6.92 Å². The zero-order valence-electron chi connectivity index (χ0n) is 13.0. The van der Waals surface area contributed by atoms with Crippen molar-refractivity contribution in [3.05, 3.63) is 59.4 Å². The van der Waals surface area contributed by atoms with E-state index in [9.17, 15) is 9.59 Å². The van der Waals surface area contributed by atoms with Crippen molar-refractivity contribution in [1.82, 2.24) is 4.98 Å². The number of para-hydroxylation sites is 1. The zero-order valence-corrected chi connectivity index (χ0v) is 13.0. The molecular weight excluding hydrogens is 306 g/mol. The van der Waals surface area contributed by atoms with Crippen LogP contribution in [0.15, 0.2) is 53.7 Å². The number of nitrogens with zero attached hydrogens (tertiary/aromatic N) is 2. The highest BCUT2D eigenvalue weighted by atomic mass is 16.5. The lowest BCUT2D eigenvalue weighted by Crippen LogP contribution is -2.16. The molecule has 0 unspecified atom stereocenters. The van der Waals surface area contributed by atoms with Crippen LogP contribution in [0.1, 0.15) is 12.6 Å². The fourth-order valence-electron chi connectivity index (χ4n) is 1.96. The minimum absolute atomic E-state index is 0.0921. The molecule has 120 valence electrons. The highest BCUT2D eigenvalue weighted by molar-refractivity contribution is 6.01. The molecule has 0 saturated carbocycles. The van der Waals surface area contributed by atoms with Crippen molar-refractivity contribution in [2.75, 3.05) is 6.61 Å². The molecule has 1 heterocycles. The minimum Gasteiger partial charge on any atom is -0.454 e. The standard InChI is InChI=1S/C18H15N3O3/c1-12(20)15(10-19)17(22)11-24-18(23)9-8-14-7-6-13-4-2-3-5-16(13)21-14/h2-9H,11,20H2,1H3/b9-8+,15-12+. The molecule has 0 atom stereocenters. The molecular formula is C18H15N3O3. The van der Waals surface area contributed by atoms with E-state index < -0.39 is 18.4 Å². The summed E-state index contributed by atoms with van der Waals surface area (Å²) in [5.41, 5.74) is 6.70. The summed E-state index contributed by atoms with van der Waals surface area (Å²) >= 11 is 0. The molecule has 0 aliphatic heterocycles. The van der Waals surface area contributed by atoms with Crippen LogP contribution < -0.4 is 5.73 Å². The summed E-state index contributed by atoms with van der Waals surface area (Å²) in [6, 6.07) is 13.0. The van der Waals surface area contributed by atoms with Crippen LogP contribution in [0.5, 0.6) is 0 Å². The predicted molar refractivity (Wildman–Crippen MR) is 89.2 cm³/mol. The van der Waals surface area contributed by atoms with Crippen LogP contribution in [0, 0.1) is 11.3 Å². The summed E-state index contributed by atoms with van der Waals surface area (Å²) < 4.78 is 4.80. The first-order valence-corrected chi connectivity index (χ1v) is 7.11. The molecule has 0 bridgehead atoms. The second-order valence-electron chi connectivity index (χ2n) is 4.96. The van der Waals surface area contributed by atoms with Gasteiger partial charge in [0.2, 0.25) is 5.78 Å². The minimum atomic E-state index is -0.703. The van der Waals surface area contributed by atoms with E-state index in [2.05, 4.69) is 4.98 Å². The summed E-state index contributed by atoms with van der Waals surface area (Å²) in [6.07, 6.45) is 2.67. The molecule has 0 radical (unpaired) electrons. The second-order valence-corrected chi connectivity index (χ2v) is 4.96. The Morgan fingerprint density at radius 3 is 2.75 bits per heavy atom. The number of carbonyl (C=O) groups excluding carboxylic acids is 2. The van der Waals surface area contributed by atoms with E-state index in [0.29, 0.717) is 5.69 Å². The normalized spacial score (nSPS) is 11.8. The number of ketones is 1. The lowest BCUT2D eigenvalue weighted by Gasteiger charge is -2.02. The number of allylic oxidation sites excluding steroid dienone is 1. The first-order valence-electron chi connectivity index (χ1n) is 7.11. The van der Waals surface area contributed by atoms with Gasteiger partial charge in [-0.05, 0) is 25.1 Å². The number of aromatic nitrogens is 1. The van der Waals surface area contributed by atoms with Crippen LogP contribution in [0.3, 0.4) is 0 Å². The summed E-state index contributed by atoms with van der Waals surface area (Å²) in [7, 11) is 0. The first-order chi connectivity index (χ1) is 11.5. The molecule has 2 N–H and O–H groups in total. The van der Waals surface area contributed by atoms with Crippen molar-refractivity contribution in [3.63, 3.8) is 0 Å². The summed E-state index contributed by atoms with van der Waals surface area (Å²) in [6.45, 7) is 0.898. The molecule has 0 aliphatic rings.